The van der Waals surface area contributed by atoms with E-state index in [1.165, 1.54) is 18.3 Å². The first-order chi connectivity index (χ1) is 11.5. The molecule has 0 fully saturated rings. The molecule has 8 heteroatoms. The van der Waals surface area contributed by atoms with Crippen molar-refractivity contribution in [2.45, 2.75) is 4.90 Å². The van der Waals surface area contributed by atoms with Crippen LogP contribution in [0.3, 0.4) is 0 Å². The van der Waals surface area contributed by atoms with E-state index < -0.39 is 10.1 Å². The Morgan fingerprint density at radius 3 is 2.42 bits per heavy atom. The third kappa shape index (κ3) is 2.97. The van der Waals surface area contributed by atoms with Crippen molar-refractivity contribution in [1.29, 1.82) is 0 Å². The van der Waals surface area contributed by atoms with Crippen molar-refractivity contribution in [3.05, 3.63) is 54.7 Å². The number of hydrogen-bond donors (Lipinski definition) is 1. The Morgan fingerprint density at radius 2 is 1.67 bits per heavy atom. The Labute approximate surface area is 138 Å². The van der Waals surface area contributed by atoms with E-state index in [0.717, 1.165) is 7.11 Å². The zero-order valence-electron chi connectivity index (χ0n) is 12.6. The minimum absolute atomic E-state index is 0.0342. The summed E-state index contributed by atoms with van der Waals surface area (Å²) in [6.07, 6.45) is 1.27. The van der Waals surface area contributed by atoms with E-state index in [1.54, 1.807) is 36.4 Å². The maximum absolute atomic E-state index is 11.9. The van der Waals surface area contributed by atoms with Crippen molar-refractivity contribution in [1.82, 2.24) is 4.98 Å². The fourth-order valence-electron chi connectivity index (χ4n) is 2.18. The van der Waals surface area contributed by atoms with Crippen molar-refractivity contribution in [3.63, 3.8) is 0 Å². The molecule has 122 valence electrons. The molecule has 2 aromatic carbocycles. The van der Waals surface area contributed by atoms with Crippen molar-refractivity contribution < 1.29 is 17.7 Å². The number of hydrogen-bond acceptors (Lipinski definition) is 7. The summed E-state index contributed by atoms with van der Waals surface area (Å²) in [6, 6.07) is 13.1. The van der Waals surface area contributed by atoms with Crippen LogP contribution in [0.25, 0.3) is 10.8 Å². The minimum Gasteiger partial charge on any atom is -0.506 e. The molecule has 0 bridgehead atoms. The molecule has 1 aromatic heterocycles. The van der Waals surface area contributed by atoms with Crippen LogP contribution in [0.1, 0.15) is 0 Å². The van der Waals surface area contributed by atoms with Crippen LogP contribution < -0.4 is 0 Å². The Morgan fingerprint density at radius 1 is 1.00 bits per heavy atom. The number of aromatic nitrogens is 1. The lowest BCUT2D eigenvalue weighted by molar-refractivity contribution is 0.398. The van der Waals surface area contributed by atoms with Gasteiger partial charge < -0.3 is 5.11 Å². The van der Waals surface area contributed by atoms with Gasteiger partial charge in [0.05, 0.1) is 13.3 Å². The lowest BCUT2D eigenvalue weighted by Gasteiger charge is -2.05. The number of rotatable bonds is 4. The maximum atomic E-state index is 11.9. The van der Waals surface area contributed by atoms with Gasteiger partial charge in [0, 0.05) is 10.8 Å². The largest absolute Gasteiger partial charge is 0.506 e. The quantitative estimate of drug-likeness (QED) is 0.575. The molecule has 1 N–H and O–H groups in total. The van der Waals surface area contributed by atoms with Gasteiger partial charge in [-0.3, -0.25) is 4.18 Å². The third-order valence-corrected chi connectivity index (χ3v) is 4.68. The summed E-state index contributed by atoms with van der Waals surface area (Å²) in [5, 5.41) is 19.0. The number of nitrogens with zero attached hydrogens (tertiary/aromatic N) is 3. The molecule has 7 nitrogen and oxygen atoms in total. The van der Waals surface area contributed by atoms with E-state index >= 15 is 0 Å². The lowest BCUT2D eigenvalue weighted by atomic mass is 10.1. The van der Waals surface area contributed by atoms with Gasteiger partial charge in [-0.25, -0.2) is 4.98 Å². The van der Waals surface area contributed by atoms with Crippen molar-refractivity contribution in [2.75, 3.05) is 7.11 Å². The van der Waals surface area contributed by atoms with Gasteiger partial charge in [0.2, 0.25) is 0 Å². The average molecular weight is 343 g/mol. The zero-order valence-corrected chi connectivity index (χ0v) is 13.4. The number of aromatic hydroxyl groups is 1. The van der Waals surface area contributed by atoms with E-state index in [4.69, 9.17) is 0 Å². The van der Waals surface area contributed by atoms with Crippen molar-refractivity contribution in [2.24, 2.45) is 10.2 Å². The number of fused-ring (bicyclic) bond motifs is 1. The molecule has 3 rings (SSSR count). The first kappa shape index (κ1) is 16.0. The van der Waals surface area contributed by atoms with Crippen LogP contribution in [0.2, 0.25) is 0 Å². The second-order valence-corrected chi connectivity index (χ2v) is 6.48. The molecule has 3 aromatic rings. The van der Waals surface area contributed by atoms with Gasteiger partial charge in [0.25, 0.3) is 10.1 Å². The molecular formula is C16H13N3O4S. The number of azo groups is 1. The molecule has 0 saturated heterocycles. The van der Waals surface area contributed by atoms with Gasteiger partial charge in [-0.15, -0.1) is 10.2 Å². The van der Waals surface area contributed by atoms with Crippen molar-refractivity contribution in [3.8, 4) is 5.75 Å². The first-order valence-electron chi connectivity index (χ1n) is 6.91. The molecule has 0 aliphatic heterocycles. The molecule has 0 spiro atoms. The molecule has 0 unspecified atom stereocenters. The van der Waals surface area contributed by atoms with Gasteiger partial charge in [-0.1, -0.05) is 36.4 Å². The van der Waals surface area contributed by atoms with Crippen LogP contribution in [-0.4, -0.2) is 25.6 Å². The van der Waals surface area contributed by atoms with Crippen LogP contribution in [0.4, 0.5) is 11.5 Å². The van der Waals surface area contributed by atoms with E-state index in [2.05, 4.69) is 19.4 Å². The van der Waals surface area contributed by atoms with E-state index in [-0.39, 0.29) is 22.2 Å². The highest BCUT2D eigenvalue weighted by Crippen LogP contribution is 2.32. The third-order valence-electron chi connectivity index (χ3n) is 3.36. The number of benzene rings is 2. The monoisotopic (exact) mass is 343 g/mol. The van der Waals surface area contributed by atoms with Crippen molar-refractivity contribution >= 4 is 32.4 Å². The first-order valence-corrected chi connectivity index (χ1v) is 8.32. The molecule has 24 heavy (non-hydrogen) atoms. The summed E-state index contributed by atoms with van der Waals surface area (Å²) in [6.45, 7) is 0. The summed E-state index contributed by atoms with van der Waals surface area (Å²) in [5.74, 6) is 0.305. The van der Waals surface area contributed by atoms with E-state index in [9.17, 15) is 13.5 Å². The van der Waals surface area contributed by atoms with Gasteiger partial charge in [0.1, 0.15) is 16.3 Å². The Kier molecular flexibility index (Phi) is 4.24. The maximum Gasteiger partial charge on any atom is 0.298 e. The van der Waals surface area contributed by atoms with Crippen LogP contribution in [0, 0.1) is 0 Å². The van der Waals surface area contributed by atoms with E-state index in [0.29, 0.717) is 10.8 Å². The summed E-state index contributed by atoms with van der Waals surface area (Å²) in [5.41, 5.74) is 0.137. The Balaban J connectivity index is 2.10. The van der Waals surface area contributed by atoms with Gasteiger partial charge in [-0.05, 0) is 12.1 Å². The van der Waals surface area contributed by atoms with Crippen LogP contribution >= 0.6 is 0 Å². The smallest absolute Gasteiger partial charge is 0.298 e. The Hall–Kier alpha value is -2.84. The highest BCUT2D eigenvalue weighted by atomic mass is 32.2. The molecule has 0 amide bonds. The molecule has 0 atom stereocenters. The Bertz CT molecular complexity index is 1030. The number of pyridine rings is 1. The van der Waals surface area contributed by atoms with Gasteiger partial charge in [-0.2, -0.15) is 8.42 Å². The highest BCUT2D eigenvalue weighted by Gasteiger charge is 2.17. The van der Waals surface area contributed by atoms with Crippen LogP contribution in [0.5, 0.6) is 5.75 Å². The minimum atomic E-state index is -3.90. The van der Waals surface area contributed by atoms with Gasteiger partial charge in [0.15, 0.2) is 5.82 Å². The second-order valence-electron chi connectivity index (χ2n) is 4.80. The highest BCUT2D eigenvalue weighted by molar-refractivity contribution is 7.87. The SMILES string of the molecule is COS(=O)(=O)c1ccccc1N=Nc1ncc(O)c2ccccc12. The summed E-state index contributed by atoms with van der Waals surface area (Å²) >= 11 is 0. The molecule has 1 heterocycles. The summed E-state index contributed by atoms with van der Waals surface area (Å²) in [7, 11) is -2.81. The fraction of sp³-hybridized carbons (Fsp3) is 0.0625. The molecule has 0 radical (unpaired) electrons. The van der Waals surface area contributed by atoms with E-state index in [1.807, 2.05) is 0 Å². The molecular weight excluding hydrogens is 330 g/mol. The molecule has 0 aliphatic carbocycles. The summed E-state index contributed by atoms with van der Waals surface area (Å²) in [4.78, 5) is 3.96. The molecule has 0 aliphatic rings. The molecule has 0 saturated carbocycles. The lowest BCUT2D eigenvalue weighted by Crippen LogP contribution is -2.02. The second kappa shape index (κ2) is 6.34. The van der Waals surface area contributed by atoms with Crippen LogP contribution in [0.15, 0.2) is 69.9 Å². The average Bonchev–Trinajstić information content (AvgIpc) is 2.62. The fourth-order valence-corrected chi connectivity index (χ4v) is 2.97. The standard InChI is InChI=1S/C16H13N3O4S/c1-23-24(21,22)15-9-5-4-8-13(15)18-19-16-12-7-3-2-6-11(12)14(20)10-17-16/h2-10,20H,1H3. The topological polar surface area (TPSA) is 101 Å². The normalized spacial score (nSPS) is 12.0. The van der Waals surface area contributed by atoms with Crippen LogP contribution in [-0.2, 0) is 14.3 Å². The predicted molar refractivity (Wildman–Crippen MR) is 88.2 cm³/mol. The van der Waals surface area contributed by atoms with Gasteiger partial charge >= 0.3 is 0 Å². The zero-order chi connectivity index (χ0) is 17.2. The predicted octanol–water partition coefficient (Wildman–Crippen LogP) is 3.69. The summed E-state index contributed by atoms with van der Waals surface area (Å²) < 4.78 is 28.4.